The second kappa shape index (κ2) is 9.90. The Hall–Kier alpha value is -1.63. The lowest BCUT2D eigenvalue weighted by molar-refractivity contribution is -0.132. The van der Waals surface area contributed by atoms with Gasteiger partial charge in [-0.05, 0) is 50.6 Å². The average Bonchev–Trinajstić information content (AvgIpc) is 3.11. The van der Waals surface area contributed by atoms with E-state index in [4.69, 9.17) is 16.1 Å². The third kappa shape index (κ3) is 5.43. The predicted octanol–water partition coefficient (Wildman–Crippen LogP) is 3.34. The van der Waals surface area contributed by atoms with Crippen molar-refractivity contribution in [2.45, 2.75) is 38.1 Å². The summed E-state index contributed by atoms with van der Waals surface area (Å²) in [6, 6.07) is 7.71. The molecule has 0 aliphatic carbocycles. The van der Waals surface area contributed by atoms with E-state index < -0.39 is 0 Å². The Kier molecular flexibility index (Phi) is 7.87. The van der Waals surface area contributed by atoms with Gasteiger partial charge in [0.2, 0.25) is 17.6 Å². The fraction of sp³-hybridized carbons (Fsp3) is 0.500. The molecule has 1 unspecified atom stereocenters. The standard InChI is InChI=1S/C18H23ClN4O2.ClH/c1-20-15-4-3-11-23(12-15)17(24)6-2-5-16-21-18(22-25-16)13-7-9-14(19)10-8-13;/h7-10,15,20H,2-6,11-12H2,1H3;1H. The molecule has 142 valence electrons. The molecule has 6 nitrogen and oxygen atoms in total. The lowest BCUT2D eigenvalue weighted by atomic mass is 10.1. The van der Waals surface area contributed by atoms with Gasteiger partial charge in [0.25, 0.3) is 0 Å². The topological polar surface area (TPSA) is 71.3 Å². The molecule has 0 radical (unpaired) electrons. The molecule has 0 saturated carbocycles. The number of rotatable bonds is 6. The zero-order valence-corrected chi connectivity index (χ0v) is 16.4. The number of hydrogen-bond acceptors (Lipinski definition) is 5. The van der Waals surface area contributed by atoms with E-state index in [1.807, 2.05) is 24.1 Å². The van der Waals surface area contributed by atoms with Gasteiger partial charge in [0.05, 0.1) is 0 Å². The van der Waals surface area contributed by atoms with Crippen molar-refractivity contribution in [1.82, 2.24) is 20.4 Å². The van der Waals surface area contributed by atoms with Crippen molar-refractivity contribution in [3.63, 3.8) is 0 Å². The SMILES string of the molecule is CNC1CCCN(C(=O)CCCc2nc(-c3ccc(Cl)cc3)no2)C1.Cl. The molecule has 0 spiro atoms. The molecule has 2 aromatic rings. The molecule has 1 N–H and O–H groups in total. The number of aromatic nitrogens is 2. The molecule has 1 saturated heterocycles. The van der Waals surface area contributed by atoms with E-state index in [0.717, 1.165) is 31.5 Å². The summed E-state index contributed by atoms with van der Waals surface area (Å²) < 4.78 is 5.28. The number of nitrogens with one attached hydrogen (secondary N) is 1. The van der Waals surface area contributed by atoms with Crippen LogP contribution in [-0.4, -0.2) is 47.1 Å². The summed E-state index contributed by atoms with van der Waals surface area (Å²) in [4.78, 5) is 18.7. The van der Waals surface area contributed by atoms with Crippen LogP contribution < -0.4 is 5.32 Å². The Morgan fingerprint density at radius 1 is 1.38 bits per heavy atom. The van der Waals surface area contributed by atoms with Crippen molar-refractivity contribution in [2.24, 2.45) is 0 Å². The minimum atomic E-state index is 0. The van der Waals surface area contributed by atoms with Crippen LogP contribution in [0.2, 0.25) is 5.02 Å². The van der Waals surface area contributed by atoms with E-state index in [9.17, 15) is 4.79 Å². The fourth-order valence-corrected chi connectivity index (χ4v) is 3.19. The van der Waals surface area contributed by atoms with Crippen LogP contribution in [0.1, 0.15) is 31.6 Å². The minimum Gasteiger partial charge on any atom is -0.341 e. The Bertz CT molecular complexity index is 705. The molecule has 1 fully saturated rings. The molecular formula is C18H24Cl2N4O2. The largest absolute Gasteiger partial charge is 0.341 e. The number of likely N-dealkylation sites (tertiary alicyclic amines) is 1. The zero-order chi connectivity index (χ0) is 17.6. The average molecular weight is 399 g/mol. The highest BCUT2D eigenvalue weighted by Gasteiger charge is 2.22. The van der Waals surface area contributed by atoms with E-state index in [0.29, 0.717) is 42.0 Å². The van der Waals surface area contributed by atoms with Gasteiger partial charge in [-0.3, -0.25) is 4.79 Å². The molecular weight excluding hydrogens is 375 g/mol. The van der Waals surface area contributed by atoms with Crippen molar-refractivity contribution >= 4 is 29.9 Å². The highest BCUT2D eigenvalue weighted by atomic mass is 35.5. The highest BCUT2D eigenvalue weighted by Crippen LogP contribution is 2.19. The van der Waals surface area contributed by atoms with E-state index >= 15 is 0 Å². The number of aryl methyl sites for hydroxylation is 1. The summed E-state index contributed by atoms with van der Waals surface area (Å²) >= 11 is 5.88. The molecule has 1 aromatic heterocycles. The maximum atomic E-state index is 12.3. The number of benzene rings is 1. The van der Waals surface area contributed by atoms with Crippen LogP contribution >= 0.6 is 24.0 Å². The summed E-state index contributed by atoms with van der Waals surface area (Å²) in [5.41, 5.74) is 0.863. The molecule has 1 amide bonds. The van der Waals surface area contributed by atoms with Gasteiger partial charge in [0.15, 0.2) is 0 Å². The monoisotopic (exact) mass is 398 g/mol. The summed E-state index contributed by atoms with van der Waals surface area (Å²) in [7, 11) is 1.95. The first kappa shape index (κ1) is 20.7. The Morgan fingerprint density at radius 2 is 2.15 bits per heavy atom. The number of halogens is 2. The fourth-order valence-electron chi connectivity index (χ4n) is 3.06. The lowest BCUT2D eigenvalue weighted by Crippen LogP contribution is -2.46. The van der Waals surface area contributed by atoms with Crippen LogP contribution in [-0.2, 0) is 11.2 Å². The van der Waals surface area contributed by atoms with E-state index in [2.05, 4.69) is 15.5 Å². The normalized spacial score (nSPS) is 17.0. The van der Waals surface area contributed by atoms with Gasteiger partial charge >= 0.3 is 0 Å². The van der Waals surface area contributed by atoms with Crippen LogP contribution in [0.4, 0.5) is 0 Å². The summed E-state index contributed by atoms with van der Waals surface area (Å²) in [6.45, 7) is 1.66. The van der Waals surface area contributed by atoms with Crippen LogP contribution in [0.25, 0.3) is 11.4 Å². The van der Waals surface area contributed by atoms with Crippen LogP contribution in [0.5, 0.6) is 0 Å². The van der Waals surface area contributed by atoms with Crippen molar-refractivity contribution in [3.8, 4) is 11.4 Å². The van der Waals surface area contributed by atoms with Crippen molar-refractivity contribution in [1.29, 1.82) is 0 Å². The number of carbonyl (C=O) groups is 1. The van der Waals surface area contributed by atoms with Crippen LogP contribution in [0, 0.1) is 0 Å². The number of nitrogens with zero attached hydrogens (tertiary/aromatic N) is 3. The molecule has 26 heavy (non-hydrogen) atoms. The first-order valence-corrected chi connectivity index (χ1v) is 9.07. The number of carbonyl (C=O) groups excluding carboxylic acids is 1. The molecule has 2 heterocycles. The predicted molar refractivity (Wildman–Crippen MR) is 104 cm³/mol. The number of hydrogen-bond donors (Lipinski definition) is 1. The smallest absolute Gasteiger partial charge is 0.226 e. The van der Waals surface area contributed by atoms with Gasteiger partial charge in [-0.2, -0.15) is 4.98 Å². The molecule has 8 heteroatoms. The van der Waals surface area contributed by atoms with Gasteiger partial charge in [-0.1, -0.05) is 16.8 Å². The Balaban J connectivity index is 0.00000243. The Labute approximate surface area is 164 Å². The second-order valence-electron chi connectivity index (χ2n) is 6.34. The quantitative estimate of drug-likeness (QED) is 0.807. The second-order valence-corrected chi connectivity index (χ2v) is 6.78. The number of likely N-dealkylation sites (N-methyl/N-ethyl adjacent to an activating group) is 1. The third-order valence-electron chi connectivity index (χ3n) is 4.53. The van der Waals surface area contributed by atoms with E-state index in [1.54, 1.807) is 12.1 Å². The molecule has 1 aliphatic rings. The van der Waals surface area contributed by atoms with Crippen molar-refractivity contribution in [2.75, 3.05) is 20.1 Å². The van der Waals surface area contributed by atoms with Gasteiger partial charge in [-0.15, -0.1) is 12.4 Å². The first-order valence-electron chi connectivity index (χ1n) is 8.69. The van der Waals surface area contributed by atoms with Gasteiger partial charge in [0.1, 0.15) is 0 Å². The zero-order valence-electron chi connectivity index (χ0n) is 14.8. The highest BCUT2D eigenvalue weighted by molar-refractivity contribution is 6.30. The maximum absolute atomic E-state index is 12.3. The third-order valence-corrected chi connectivity index (χ3v) is 4.79. The van der Waals surface area contributed by atoms with E-state index in [-0.39, 0.29) is 18.3 Å². The summed E-state index contributed by atoms with van der Waals surface area (Å²) in [6.07, 6.45) is 4.02. The van der Waals surface area contributed by atoms with Crippen molar-refractivity contribution < 1.29 is 9.32 Å². The van der Waals surface area contributed by atoms with Crippen LogP contribution in [0.15, 0.2) is 28.8 Å². The summed E-state index contributed by atoms with van der Waals surface area (Å²) in [5, 5.41) is 7.92. The molecule has 0 bridgehead atoms. The molecule has 1 aliphatic heterocycles. The molecule has 1 aromatic carbocycles. The Morgan fingerprint density at radius 3 is 2.88 bits per heavy atom. The minimum absolute atomic E-state index is 0. The number of piperidine rings is 1. The molecule has 1 atom stereocenters. The number of amides is 1. The molecule has 3 rings (SSSR count). The first-order chi connectivity index (χ1) is 12.2. The van der Waals surface area contributed by atoms with Crippen LogP contribution in [0.3, 0.4) is 0 Å². The van der Waals surface area contributed by atoms with Crippen molar-refractivity contribution in [3.05, 3.63) is 35.2 Å². The maximum Gasteiger partial charge on any atom is 0.226 e. The van der Waals surface area contributed by atoms with Gasteiger partial charge < -0.3 is 14.7 Å². The van der Waals surface area contributed by atoms with Gasteiger partial charge in [-0.25, -0.2) is 0 Å². The van der Waals surface area contributed by atoms with Gasteiger partial charge in [0, 0.05) is 42.6 Å². The van der Waals surface area contributed by atoms with E-state index in [1.165, 1.54) is 0 Å². The summed E-state index contributed by atoms with van der Waals surface area (Å²) in [5.74, 6) is 1.31. The lowest BCUT2D eigenvalue weighted by Gasteiger charge is -2.32.